The van der Waals surface area contributed by atoms with Gasteiger partial charge in [0.2, 0.25) is 35.4 Å². The van der Waals surface area contributed by atoms with Gasteiger partial charge in [-0.1, -0.05) is 80.0 Å². The minimum atomic E-state index is -1.12. The van der Waals surface area contributed by atoms with E-state index in [4.69, 9.17) is 0 Å². The first-order valence-electron chi connectivity index (χ1n) is 17.9. The summed E-state index contributed by atoms with van der Waals surface area (Å²) in [7, 11) is 0. The zero-order valence-corrected chi connectivity index (χ0v) is 30.9. The fraction of sp³-hybridized carbons (Fsp3) is 0.622. The Morgan fingerprint density at radius 2 is 1.10 bits per heavy atom. The van der Waals surface area contributed by atoms with Crippen molar-refractivity contribution in [1.82, 2.24) is 36.9 Å². The molecule has 50 heavy (non-hydrogen) atoms. The van der Waals surface area contributed by atoms with Crippen LogP contribution in [-0.4, -0.2) is 76.7 Å². The Kier molecular flexibility index (Phi) is 14.4. The monoisotopic (exact) mass is 695 g/mol. The van der Waals surface area contributed by atoms with E-state index >= 15 is 0 Å². The third-order valence-electron chi connectivity index (χ3n) is 9.20. The Balaban J connectivity index is 2.08. The molecule has 1 aliphatic rings. The van der Waals surface area contributed by atoms with Crippen LogP contribution in [0.2, 0.25) is 0 Å². The lowest BCUT2D eigenvalue weighted by molar-refractivity contribution is -0.137. The SMILES string of the molecule is CCC(C)[C@@H]1NC(=O)[C@H](C)NC(=O)C(Cc2c[nH]c3ccccc23)NC(=O)C(CC(C)C)NC(=O)[C@H](CC(C)C)NC(=O)C(C(C)C)NC1=O. The van der Waals surface area contributed by atoms with E-state index < -0.39 is 71.7 Å². The molecule has 3 rings (SSSR count). The van der Waals surface area contributed by atoms with Crippen molar-refractivity contribution in [2.75, 3.05) is 0 Å². The molecule has 2 heterocycles. The number of carbonyl (C=O) groups is 6. The van der Waals surface area contributed by atoms with Crippen molar-refractivity contribution in [2.24, 2.45) is 23.7 Å². The van der Waals surface area contributed by atoms with Crippen LogP contribution in [0.25, 0.3) is 10.9 Å². The van der Waals surface area contributed by atoms with Crippen molar-refractivity contribution >= 4 is 46.3 Å². The molecular formula is C37H57N7O6. The molecule has 1 aliphatic heterocycles. The predicted octanol–water partition coefficient (Wildman–Crippen LogP) is 2.45. The summed E-state index contributed by atoms with van der Waals surface area (Å²) in [4.78, 5) is 85.8. The number of amides is 6. The highest BCUT2D eigenvalue weighted by molar-refractivity contribution is 5.98. The summed E-state index contributed by atoms with van der Waals surface area (Å²) in [6.07, 6.45) is 2.96. The number of hydrogen-bond acceptors (Lipinski definition) is 6. The molecule has 1 fully saturated rings. The lowest BCUT2D eigenvalue weighted by Gasteiger charge is -2.31. The normalized spacial score (nSPS) is 25.7. The van der Waals surface area contributed by atoms with Crippen LogP contribution in [0.15, 0.2) is 30.5 Å². The third kappa shape index (κ3) is 10.8. The summed E-state index contributed by atoms with van der Waals surface area (Å²) in [6, 6.07) is 1.35. The molecule has 0 spiro atoms. The van der Waals surface area contributed by atoms with Crippen LogP contribution < -0.4 is 31.9 Å². The lowest BCUT2D eigenvalue weighted by atomic mass is 9.95. The van der Waals surface area contributed by atoms with E-state index in [1.54, 1.807) is 20.0 Å². The van der Waals surface area contributed by atoms with Gasteiger partial charge in [-0.15, -0.1) is 0 Å². The second kappa shape index (κ2) is 18.0. The number of benzene rings is 1. The van der Waals surface area contributed by atoms with E-state index in [2.05, 4.69) is 36.9 Å². The smallest absolute Gasteiger partial charge is 0.243 e. The largest absolute Gasteiger partial charge is 0.361 e. The molecule has 13 heteroatoms. The van der Waals surface area contributed by atoms with Crippen LogP contribution in [0.3, 0.4) is 0 Å². The number of rotatable bonds is 9. The summed E-state index contributed by atoms with van der Waals surface area (Å²) >= 11 is 0. The van der Waals surface area contributed by atoms with Gasteiger partial charge < -0.3 is 36.9 Å². The Hall–Kier alpha value is -4.42. The van der Waals surface area contributed by atoms with Gasteiger partial charge in [0.1, 0.15) is 36.3 Å². The fourth-order valence-electron chi connectivity index (χ4n) is 6.08. The summed E-state index contributed by atoms with van der Waals surface area (Å²) in [5.74, 6) is -4.07. The maximum atomic E-state index is 14.0. The fourth-order valence-corrected chi connectivity index (χ4v) is 6.08. The highest BCUT2D eigenvalue weighted by Crippen LogP contribution is 2.20. The van der Waals surface area contributed by atoms with Crippen LogP contribution in [0, 0.1) is 23.7 Å². The van der Waals surface area contributed by atoms with Gasteiger partial charge in [-0.25, -0.2) is 0 Å². The molecular weight excluding hydrogens is 638 g/mol. The van der Waals surface area contributed by atoms with Gasteiger partial charge >= 0.3 is 0 Å². The number of nitrogens with one attached hydrogen (secondary N) is 7. The number of para-hydroxylation sites is 1. The molecule has 0 bridgehead atoms. The van der Waals surface area contributed by atoms with Gasteiger partial charge in [-0.05, 0) is 55.1 Å². The van der Waals surface area contributed by atoms with E-state index in [-0.39, 0.29) is 42.9 Å². The van der Waals surface area contributed by atoms with E-state index in [0.717, 1.165) is 16.5 Å². The first-order valence-corrected chi connectivity index (χ1v) is 17.9. The summed E-state index contributed by atoms with van der Waals surface area (Å²) in [5.41, 5.74) is 1.64. The van der Waals surface area contributed by atoms with Gasteiger partial charge in [-0.2, -0.15) is 0 Å². The number of aromatic nitrogens is 1. The number of aromatic amines is 1. The standard InChI is InChI=1S/C37H57N7O6/c1-10-22(8)31-37(50)43-30(21(6)7)36(49)42-28(16-20(4)5)35(48)40-27(15-19(2)3)34(47)41-29(33(46)39-23(9)32(45)44-31)17-24-18-38-26-14-12-11-13-25(24)26/h11-14,18-23,27-31,38H,10,15-17H2,1-9H3,(H,39,46)(H,40,48)(H,41,47)(H,42,49)(H,43,50)(H,44,45)/t22?,23-,27?,28-,29?,30?,31-/m0/s1. The van der Waals surface area contributed by atoms with Gasteiger partial charge in [0.05, 0.1) is 0 Å². The molecule has 1 aromatic heterocycles. The molecule has 7 atom stereocenters. The van der Waals surface area contributed by atoms with E-state index in [1.165, 1.54) is 6.92 Å². The van der Waals surface area contributed by atoms with Crippen LogP contribution in [0.5, 0.6) is 0 Å². The second-order valence-electron chi connectivity index (χ2n) is 14.8. The average Bonchev–Trinajstić information content (AvgIpc) is 3.45. The van der Waals surface area contributed by atoms with Gasteiger partial charge in [0.25, 0.3) is 0 Å². The predicted molar refractivity (Wildman–Crippen MR) is 192 cm³/mol. The van der Waals surface area contributed by atoms with Gasteiger partial charge in [0.15, 0.2) is 0 Å². The summed E-state index contributed by atoms with van der Waals surface area (Å²) < 4.78 is 0. The van der Waals surface area contributed by atoms with Crippen molar-refractivity contribution in [3.05, 3.63) is 36.0 Å². The Labute approximate surface area is 295 Å². The topological polar surface area (TPSA) is 190 Å². The molecule has 0 radical (unpaired) electrons. The molecule has 1 aromatic carbocycles. The Morgan fingerprint density at radius 3 is 1.66 bits per heavy atom. The molecule has 0 aliphatic carbocycles. The molecule has 0 saturated carbocycles. The molecule has 13 nitrogen and oxygen atoms in total. The van der Waals surface area contributed by atoms with E-state index in [1.807, 2.05) is 65.8 Å². The minimum Gasteiger partial charge on any atom is -0.361 e. The maximum Gasteiger partial charge on any atom is 0.243 e. The van der Waals surface area contributed by atoms with Crippen LogP contribution in [-0.2, 0) is 35.2 Å². The number of fused-ring (bicyclic) bond motifs is 1. The Morgan fingerprint density at radius 1 is 0.600 bits per heavy atom. The number of hydrogen-bond donors (Lipinski definition) is 7. The van der Waals surface area contributed by atoms with E-state index in [9.17, 15) is 28.8 Å². The Bertz CT molecular complexity index is 1520. The first kappa shape index (κ1) is 40.0. The second-order valence-corrected chi connectivity index (χ2v) is 14.8. The van der Waals surface area contributed by atoms with Gasteiger partial charge in [-0.3, -0.25) is 28.8 Å². The summed E-state index contributed by atoms with van der Waals surface area (Å²) in [5, 5.41) is 17.7. The van der Waals surface area contributed by atoms with Gasteiger partial charge in [0, 0.05) is 23.5 Å². The first-order chi connectivity index (χ1) is 23.5. The highest BCUT2D eigenvalue weighted by Gasteiger charge is 2.36. The summed E-state index contributed by atoms with van der Waals surface area (Å²) in [6.45, 7) is 16.4. The molecule has 7 N–H and O–H groups in total. The van der Waals surface area contributed by atoms with Crippen molar-refractivity contribution in [3.63, 3.8) is 0 Å². The van der Waals surface area contributed by atoms with Crippen molar-refractivity contribution in [1.29, 1.82) is 0 Å². The molecule has 2 aromatic rings. The average molecular weight is 696 g/mol. The minimum absolute atomic E-state index is 0.00427. The van der Waals surface area contributed by atoms with E-state index in [0.29, 0.717) is 6.42 Å². The molecule has 6 amide bonds. The van der Waals surface area contributed by atoms with Crippen molar-refractivity contribution < 1.29 is 28.8 Å². The quantitative estimate of drug-likeness (QED) is 0.211. The van der Waals surface area contributed by atoms with Crippen LogP contribution in [0.1, 0.15) is 87.1 Å². The van der Waals surface area contributed by atoms with Crippen LogP contribution in [0.4, 0.5) is 0 Å². The lowest BCUT2D eigenvalue weighted by Crippen LogP contribution is -2.62. The molecule has 4 unspecified atom stereocenters. The molecule has 1 saturated heterocycles. The number of carbonyl (C=O) groups excluding carboxylic acids is 6. The number of H-pyrrole nitrogens is 1. The maximum absolute atomic E-state index is 14.0. The highest BCUT2D eigenvalue weighted by atomic mass is 16.2. The van der Waals surface area contributed by atoms with Crippen molar-refractivity contribution in [2.45, 2.75) is 124 Å². The van der Waals surface area contributed by atoms with Crippen molar-refractivity contribution in [3.8, 4) is 0 Å². The molecule has 276 valence electrons. The third-order valence-corrected chi connectivity index (χ3v) is 9.20. The zero-order valence-electron chi connectivity index (χ0n) is 30.9. The zero-order chi connectivity index (χ0) is 37.3. The van der Waals surface area contributed by atoms with Crippen LogP contribution >= 0.6 is 0 Å².